The van der Waals surface area contributed by atoms with Gasteiger partial charge in [0, 0.05) is 6.26 Å². The number of rotatable bonds is 2. The van der Waals surface area contributed by atoms with Crippen LogP contribution in [0.1, 0.15) is 27.7 Å². The van der Waals surface area contributed by atoms with Crippen LogP contribution in [0.4, 0.5) is 0 Å². The molecule has 0 saturated carbocycles. The fourth-order valence-corrected chi connectivity index (χ4v) is 2.06. The van der Waals surface area contributed by atoms with Crippen molar-refractivity contribution in [1.82, 2.24) is 0 Å². The summed E-state index contributed by atoms with van der Waals surface area (Å²) in [5.74, 6) is 0. The Morgan fingerprint density at radius 3 is 1.62 bits per heavy atom. The van der Waals surface area contributed by atoms with E-state index in [9.17, 15) is 13.5 Å². The molecule has 0 heterocycles. The topological polar surface area (TPSA) is 54.4 Å². The first kappa shape index (κ1) is 13.2. The molecule has 0 aromatic rings. The summed E-state index contributed by atoms with van der Waals surface area (Å²) in [4.78, 5) is 0. The predicted molar refractivity (Wildman–Crippen MR) is 54.6 cm³/mol. The van der Waals surface area contributed by atoms with Crippen molar-refractivity contribution >= 4 is 21.4 Å². The number of aliphatic hydroxyl groups excluding tert-OH is 1. The van der Waals surface area contributed by atoms with Crippen molar-refractivity contribution in [2.24, 2.45) is 5.41 Å². The van der Waals surface area contributed by atoms with Crippen LogP contribution in [0.5, 0.6) is 0 Å². The SMILES string of the molecule is CC(C)(C)[C@@H](O)[C@](C)(Cl)S(C)(=O)=O. The van der Waals surface area contributed by atoms with Gasteiger partial charge in [-0.1, -0.05) is 32.4 Å². The summed E-state index contributed by atoms with van der Waals surface area (Å²) in [6.45, 7) is 6.54. The van der Waals surface area contributed by atoms with Gasteiger partial charge in [0.1, 0.15) is 0 Å². The molecule has 0 saturated heterocycles. The minimum absolute atomic E-state index is 0.556. The third kappa shape index (κ3) is 2.82. The van der Waals surface area contributed by atoms with Gasteiger partial charge in [-0.3, -0.25) is 0 Å². The van der Waals surface area contributed by atoms with Crippen molar-refractivity contribution in [1.29, 1.82) is 0 Å². The Labute approximate surface area is 85.0 Å². The zero-order valence-corrected chi connectivity index (χ0v) is 10.2. The average Bonchev–Trinajstić information content (AvgIpc) is 1.81. The minimum Gasteiger partial charge on any atom is -0.390 e. The van der Waals surface area contributed by atoms with Crippen LogP contribution in [0.15, 0.2) is 0 Å². The van der Waals surface area contributed by atoms with Gasteiger partial charge >= 0.3 is 0 Å². The Hall–Kier alpha value is 0.200. The van der Waals surface area contributed by atoms with Gasteiger partial charge < -0.3 is 5.11 Å². The molecule has 0 bridgehead atoms. The normalized spacial score (nSPS) is 20.8. The van der Waals surface area contributed by atoms with Crippen LogP contribution >= 0.6 is 11.6 Å². The molecule has 0 aromatic carbocycles. The molecule has 0 aliphatic rings. The Morgan fingerprint density at radius 1 is 1.23 bits per heavy atom. The van der Waals surface area contributed by atoms with Crippen LogP contribution in [0, 0.1) is 5.41 Å². The zero-order valence-electron chi connectivity index (χ0n) is 8.63. The van der Waals surface area contributed by atoms with Crippen LogP contribution in [-0.4, -0.2) is 30.1 Å². The highest BCUT2D eigenvalue weighted by Gasteiger charge is 2.46. The van der Waals surface area contributed by atoms with Gasteiger partial charge in [0.25, 0.3) is 0 Å². The van der Waals surface area contributed by atoms with Crippen molar-refractivity contribution in [3.05, 3.63) is 0 Å². The number of sulfone groups is 1. The van der Waals surface area contributed by atoms with Gasteiger partial charge in [0.15, 0.2) is 14.0 Å². The summed E-state index contributed by atoms with van der Waals surface area (Å²) in [5.41, 5.74) is -0.556. The van der Waals surface area contributed by atoms with Gasteiger partial charge in [-0.05, 0) is 12.3 Å². The lowest BCUT2D eigenvalue weighted by molar-refractivity contribution is 0.0524. The first-order chi connectivity index (χ1) is 5.40. The van der Waals surface area contributed by atoms with Gasteiger partial charge in [-0.15, -0.1) is 0 Å². The summed E-state index contributed by atoms with van der Waals surface area (Å²) >= 11 is 5.81. The predicted octanol–water partition coefficient (Wildman–Crippen LogP) is 1.39. The van der Waals surface area contributed by atoms with E-state index in [4.69, 9.17) is 11.6 Å². The third-order valence-electron chi connectivity index (χ3n) is 2.03. The molecule has 0 fully saturated rings. The van der Waals surface area contributed by atoms with E-state index in [2.05, 4.69) is 0 Å². The molecule has 1 N–H and O–H groups in total. The van der Waals surface area contributed by atoms with Gasteiger partial charge in [0.2, 0.25) is 0 Å². The van der Waals surface area contributed by atoms with E-state index in [-0.39, 0.29) is 0 Å². The molecule has 0 aliphatic heterocycles. The summed E-state index contributed by atoms with van der Waals surface area (Å²) in [6.07, 6.45) is -0.0775. The van der Waals surface area contributed by atoms with E-state index in [1.54, 1.807) is 20.8 Å². The van der Waals surface area contributed by atoms with Crippen molar-refractivity contribution < 1.29 is 13.5 Å². The molecule has 0 radical (unpaired) electrons. The second-order valence-corrected chi connectivity index (χ2v) is 7.93. The molecular formula is C8H17ClO3S. The molecule has 0 rings (SSSR count). The Balaban J connectivity index is 5.09. The van der Waals surface area contributed by atoms with Crippen LogP contribution in [0.25, 0.3) is 0 Å². The first-order valence-corrected chi connectivity index (χ1v) is 6.24. The fourth-order valence-electron chi connectivity index (χ4n) is 0.976. The summed E-state index contributed by atoms with van der Waals surface area (Å²) in [7, 11) is -3.47. The molecule has 5 heteroatoms. The highest BCUT2D eigenvalue weighted by Crippen LogP contribution is 2.35. The highest BCUT2D eigenvalue weighted by molar-refractivity contribution is 7.93. The molecule has 0 spiro atoms. The molecule has 3 nitrogen and oxygen atoms in total. The third-order valence-corrected chi connectivity index (χ3v) is 4.75. The average molecular weight is 229 g/mol. The lowest BCUT2D eigenvalue weighted by Gasteiger charge is -2.35. The van der Waals surface area contributed by atoms with E-state index in [0.717, 1.165) is 6.26 Å². The van der Waals surface area contributed by atoms with Crippen LogP contribution in [0.2, 0.25) is 0 Å². The lowest BCUT2D eigenvalue weighted by atomic mass is 9.87. The summed E-state index contributed by atoms with van der Waals surface area (Å²) in [5, 5.41) is 9.74. The Morgan fingerprint density at radius 2 is 1.54 bits per heavy atom. The maximum Gasteiger partial charge on any atom is 0.169 e. The lowest BCUT2D eigenvalue weighted by Crippen LogP contribution is -2.48. The number of hydrogen-bond acceptors (Lipinski definition) is 3. The standard InChI is InChI=1S/C8H17ClO3S/c1-7(2,3)6(10)8(4,9)13(5,11)12/h6,10H,1-5H3/t6-,8-/m1/s1. The summed E-state index contributed by atoms with van der Waals surface area (Å²) < 4.78 is 20.9. The van der Waals surface area contributed by atoms with Gasteiger partial charge in [-0.25, -0.2) is 8.42 Å². The molecule has 13 heavy (non-hydrogen) atoms. The van der Waals surface area contributed by atoms with Crippen molar-refractivity contribution in [2.75, 3.05) is 6.26 Å². The van der Waals surface area contributed by atoms with Crippen molar-refractivity contribution in [2.45, 2.75) is 38.0 Å². The van der Waals surface area contributed by atoms with Crippen LogP contribution in [0.3, 0.4) is 0 Å². The molecule has 0 amide bonds. The molecule has 0 aromatic heterocycles. The second-order valence-electron chi connectivity index (χ2n) is 4.53. The van der Waals surface area contributed by atoms with E-state index in [0.29, 0.717) is 0 Å². The van der Waals surface area contributed by atoms with E-state index in [1.165, 1.54) is 6.92 Å². The number of hydrogen-bond donors (Lipinski definition) is 1. The Bertz CT molecular complexity index is 274. The largest absolute Gasteiger partial charge is 0.390 e. The highest BCUT2D eigenvalue weighted by atomic mass is 35.5. The summed E-state index contributed by atoms with van der Waals surface area (Å²) in [6, 6.07) is 0. The molecule has 2 atom stereocenters. The Kier molecular flexibility index (Phi) is 3.46. The minimum atomic E-state index is -3.47. The number of alkyl halides is 1. The van der Waals surface area contributed by atoms with E-state index >= 15 is 0 Å². The monoisotopic (exact) mass is 228 g/mol. The fraction of sp³-hybridized carbons (Fsp3) is 1.00. The zero-order chi connectivity index (χ0) is 11.1. The van der Waals surface area contributed by atoms with Crippen LogP contribution in [-0.2, 0) is 9.84 Å². The maximum atomic E-state index is 11.2. The molecule has 0 unspecified atom stereocenters. The number of halogens is 1. The second kappa shape index (κ2) is 3.41. The van der Waals surface area contributed by atoms with E-state index in [1.807, 2.05) is 0 Å². The van der Waals surface area contributed by atoms with Gasteiger partial charge in [-0.2, -0.15) is 0 Å². The van der Waals surface area contributed by atoms with Crippen LogP contribution < -0.4 is 0 Å². The van der Waals surface area contributed by atoms with E-state index < -0.39 is 25.6 Å². The smallest absolute Gasteiger partial charge is 0.169 e. The molecule has 80 valence electrons. The maximum absolute atomic E-state index is 11.2. The first-order valence-electron chi connectivity index (χ1n) is 3.97. The van der Waals surface area contributed by atoms with Crippen molar-refractivity contribution in [3.63, 3.8) is 0 Å². The quantitative estimate of drug-likeness (QED) is 0.727. The molecule has 0 aliphatic carbocycles. The number of aliphatic hydroxyl groups is 1. The van der Waals surface area contributed by atoms with Gasteiger partial charge in [0.05, 0.1) is 6.10 Å². The van der Waals surface area contributed by atoms with Crippen molar-refractivity contribution in [3.8, 4) is 0 Å². The molecular weight excluding hydrogens is 212 g/mol.